The Hall–Kier alpha value is -3.14. The summed E-state index contributed by atoms with van der Waals surface area (Å²) in [6.45, 7) is 6.26. The number of H-pyrrole nitrogens is 1. The van der Waals surface area contributed by atoms with Crippen LogP contribution in [0.25, 0.3) is 32.9 Å². The number of phenolic OH excluding ortho intramolecular Hbond substituents is 1. The zero-order valence-corrected chi connectivity index (χ0v) is 15.7. The van der Waals surface area contributed by atoms with E-state index in [4.69, 9.17) is 0 Å². The van der Waals surface area contributed by atoms with Crippen molar-refractivity contribution >= 4 is 21.8 Å². The molecular formula is C23H22N2O2. The molecule has 0 radical (unpaired) electrons. The van der Waals surface area contributed by atoms with E-state index >= 15 is 0 Å². The maximum absolute atomic E-state index is 12.4. The minimum absolute atomic E-state index is 0.202. The number of pyridine rings is 2. The number of fused-ring (bicyclic) bond motifs is 3. The van der Waals surface area contributed by atoms with Crippen molar-refractivity contribution in [3.05, 3.63) is 70.1 Å². The zero-order valence-electron chi connectivity index (χ0n) is 15.7. The first-order valence-electron chi connectivity index (χ1n) is 9.24. The summed E-state index contributed by atoms with van der Waals surface area (Å²) < 4.78 is 0. The van der Waals surface area contributed by atoms with Crippen LogP contribution in [0.5, 0.6) is 5.75 Å². The van der Waals surface area contributed by atoms with Crippen molar-refractivity contribution in [1.29, 1.82) is 0 Å². The SMILES string of the molecule is CCC(C)c1ccc(-c2c(O)cc(C)c3[nH]c(=O)c4ncccc4c23)cc1. The Bertz CT molecular complexity index is 1210. The lowest BCUT2D eigenvalue weighted by molar-refractivity contribution is 0.477. The molecule has 0 saturated heterocycles. The summed E-state index contributed by atoms with van der Waals surface area (Å²) in [6.07, 6.45) is 2.69. The van der Waals surface area contributed by atoms with Crippen LogP contribution in [-0.2, 0) is 0 Å². The van der Waals surface area contributed by atoms with Crippen molar-refractivity contribution in [2.24, 2.45) is 0 Å². The van der Waals surface area contributed by atoms with E-state index in [2.05, 4.69) is 35.9 Å². The molecule has 4 aromatic rings. The van der Waals surface area contributed by atoms with Crippen molar-refractivity contribution in [3.8, 4) is 16.9 Å². The highest BCUT2D eigenvalue weighted by Gasteiger charge is 2.17. The molecule has 0 bridgehead atoms. The molecule has 0 aliphatic carbocycles. The summed E-state index contributed by atoms with van der Waals surface area (Å²) in [4.78, 5) is 19.6. The number of hydrogen-bond acceptors (Lipinski definition) is 3. The van der Waals surface area contributed by atoms with E-state index in [0.717, 1.165) is 39.4 Å². The highest BCUT2D eigenvalue weighted by molar-refractivity contribution is 6.13. The van der Waals surface area contributed by atoms with Crippen molar-refractivity contribution in [1.82, 2.24) is 9.97 Å². The highest BCUT2D eigenvalue weighted by Crippen LogP contribution is 2.40. The Morgan fingerprint density at radius 1 is 1.19 bits per heavy atom. The van der Waals surface area contributed by atoms with Gasteiger partial charge in [-0.05, 0) is 48.1 Å². The van der Waals surface area contributed by atoms with Crippen molar-refractivity contribution in [3.63, 3.8) is 0 Å². The average Bonchev–Trinajstić information content (AvgIpc) is 2.69. The molecule has 136 valence electrons. The topological polar surface area (TPSA) is 66.0 Å². The van der Waals surface area contributed by atoms with Gasteiger partial charge in [-0.2, -0.15) is 0 Å². The largest absolute Gasteiger partial charge is 0.507 e. The van der Waals surface area contributed by atoms with E-state index in [1.807, 2.05) is 31.2 Å². The van der Waals surface area contributed by atoms with E-state index in [9.17, 15) is 9.90 Å². The normalized spacial score (nSPS) is 12.6. The van der Waals surface area contributed by atoms with Gasteiger partial charge in [-0.15, -0.1) is 0 Å². The smallest absolute Gasteiger partial charge is 0.274 e. The third-order valence-corrected chi connectivity index (χ3v) is 5.42. The predicted octanol–water partition coefficient (Wildman–Crippen LogP) is 5.27. The quantitative estimate of drug-likeness (QED) is 0.490. The molecule has 2 aromatic heterocycles. The van der Waals surface area contributed by atoms with Gasteiger partial charge in [0, 0.05) is 22.5 Å². The van der Waals surface area contributed by atoms with Crippen LogP contribution in [0, 0.1) is 6.92 Å². The fourth-order valence-corrected chi connectivity index (χ4v) is 3.70. The lowest BCUT2D eigenvalue weighted by Crippen LogP contribution is -2.09. The predicted molar refractivity (Wildman–Crippen MR) is 110 cm³/mol. The fraction of sp³-hybridized carbons (Fsp3) is 0.217. The second-order valence-corrected chi connectivity index (χ2v) is 7.12. The summed E-state index contributed by atoms with van der Waals surface area (Å²) >= 11 is 0. The van der Waals surface area contributed by atoms with Gasteiger partial charge in [0.05, 0.1) is 5.52 Å². The molecule has 0 saturated carbocycles. The van der Waals surface area contributed by atoms with E-state index in [-0.39, 0.29) is 11.3 Å². The third-order valence-electron chi connectivity index (χ3n) is 5.42. The van der Waals surface area contributed by atoms with E-state index in [1.54, 1.807) is 12.3 Å². The lowest BCUT2D eigenvalue weighted by Gasteiger charge is -2.15. The van der Waals surface area contributed by atoms with Crippen LogP contribution in [-0.4, -0.2) is 15.1 Å². The van der Waals surface area contributed by atoms with Gasteiger partial charge in [-0.1, -0.05) is 44.2 Å². The molecule has 0 aliphatic heterocycles. The number of aromatic nitrogens is 2. The van der Waals surface area contributed by atoms with Gasteiger partial charge in [-0.25, -0.2) is 0 Å². The van der Waals surface area contributed by atoms with Gasteiger partial charge in [0.1, 0.15) is 11.3 Å². The Morgan fingerprint density at radius 2 is 1.93 bits per heavy atom. The van der Waals surface area contributed by atoms with Crippen molar-refractivity contribution < 1.29 is 5.11 Å². The summed E-state index contributed by atoms with van der Waals surface area (Å²) in [5.74, 6) is 0.692. The minimum atomic E-state index is -0.218. The molecule has 4 rings (SSSR count). The van der Waals surface area contributed by atoms with E-state index in [1.165, 1.54) is 5.56 Å². The molecule has 2 N–H and O–H groups in total. The Labute approximate surface area is 157 Å². The molecule has 0 spiro atoms. The van der Waals surface area contributed by atoms with Gasteiger partial charge < -0.3 is 10.1 Å². The maximum atomic E-state index is 12.4. The van der Waals surface area contributed by atoms with Crippen LogP contribution < -0.4 is 5.56 Å². The second-order valence-electron chi connectivity index (χ2n) is 7.12. The van der Waals surface area contributed by atoms with Crippen molar-refractivity contribution in [2.45, 2.75) is 33.1 Å². The molecule has 0 amide bonds. The molecule has 2 heterocycles. The number of benzene rings is 2. The Kier molecular flexibility index (Phi) is 4.19. The summed E-state index contributed by atoms with van der Waals surface area (Å²) in [5, 5.41) is 12.4. The van der Waals surface area contributed by atoms with Crippen LogP contribution in [0.4, 0.5) is 0 Å². The fourth-order valence-electron chi connectivity index (χ4n) is 3.70. The minimum Gasteiger partial charge on any atom is -0.507 e. The molecule has 4 heteroatoms. The zero-order chi connectivity index (χ0) is 19.1. The summed E-state index contributed by atoms with van der Waals surface area (Å²) in [5.41, 5.74) is 4.64. The number of aromatic hydroxyl groups is 1. The molecule has 1 atom stereocenters. The number of nitrogens with zero attached hydrogens (tertiary/aromatic N) is 1. The number of aryl methyl sites for hydroxylation is 1. The van der Waals surface area contributed by atoms with Crippen LogP contribution >= 0.6 is 0 Å². The lowest BCUT2D eigenvalue weighted by atomic mass is 9.92. The summed E-state index contributed by atoms with van der Waals surface area (Å²) in [6, 6.07) is 13.7. The number of nitrogens with one attached hydrogen (secondary N) is 1. The van der Waals surface area contributed by atoms with Gasteiger partial charge in [0.15, 0.2) is 0 Å². The number of aromatic amines is 1. The molecule has 1 unspecified atom stereocenters. The first-order valence-corrected chi connectivity index (χ1v) is 9.24. The number of phenols is 1. The molecule has 27 heavy (non-hydrogen) atoms. The van der Waals surface area contributed by atoms with Crippen LogP contribution in [0.3, 0.4) is 0 Å². The van der Waals surface area contributed by atoms with Crippen molar-refractivity contribution in [2.75, 3.05) is 0 Å². The van der Waals surface area contributed by atoms with Crippen LogP contribution in [0.15, 0.2) is 53.5 Å². The van der Waals surface area contributed by atoms with Gasteiger partial charge in [0.2, 0.25) is 0 Å². The average molecular weight is 358 g/mol. The highest BCUT2D eigenvalue weighted by atomic mass is 16.3. The monoisotopic (exact) mass is 358 g/mol. The van der Waals surface area contributed by atoms with E-state index < -0.39 is 0 Å². The van der Waals surface area contributed by atoms with E-state index in [0.29, 0.717) is 11.4 Å². The molecule has 4 nitrogen and oxygen atoms in total. The first-order chi connectivity index (χ1) is 13.0. The number of hydrogen-bond donors (Lipinski definition) is 2. The van der Waals surface area contributed by atoms with Gasteiger partial charge >= 0.3 is 0 Å². The third kappa shape index (κ3) is 2.78. The summed E-state index contributed by atoms with van der Waals surface area (Å²) in [7, 11) is 0. The Balaban J connectivity index is 2.09. The standard InChI is InChI=1S/C23H22N2O2/c1-4-13(2)15-7-9-16(10-8-15)19-18(26)12-14(3)21-20(19)17-6-5-11-24-22(17)23(27)25-21/h5-13,26H,4H2,1-3H3,(H,25,27). The van der Waals surface area contributed by atoms with Crippen LogP contribution in [0.2, 0.25) is 0 Å². The molecular weight excluding hydrogens is 336 g/mol. The maximum Gasteiger partial charge on any atom is 0.274 e. The molecule has 0 aliphatic rings. The Morgan fingerprint density at radius 3 is 2.63 bits per heavy atom. The molecule has 2 aromatic carbocycles. The first kappa shape index (κ1) is 17.3. The van der Waals surface area contributed by atoms with Gasteiger partial charge in [-0.3, -0.25) is 9.78 Å². The molecule has 0 fully saturated rings. The van der Waals surface area contributed by atoms with Gasteiger partial charge in [0.25, 0.3) is 5.56 Å². The number of rotatable bonds is 3. The van der Waals surface area contributed by atoms with Crippen LogP contribution in [0.1, 0.15) is 37.3 Å². The second kappa shape index (κ2) is 6.54.